The molecule has 4 nitrogen and oxygen atoms in total. The molecule has 0 aliphatic carbocycles. The fourth-order valence-electron chi connectivity index (χ4n) is 3.59. The summed E-state index contributed by atoms with van der Waals surface area (Å²) >= 11 is 0. The number of aryl methyl sites for hydroxylation is 2. The van der Waals surface area contributed by atoms with Crippen molar-refractivity contribution >= 4 is 15.7 Å². The molecule has 1 aliphatic heterocycles. The molecule has 0 saturated carbocycles. The van der Waals surface area contributed by atoms with Crippen LogP contribution in [0, 0.1) is 12.8 Å². The average molecular weight is 386 g/mol. The first-order valence-electron chi connectivity index (χ1n) is 9.48. The van der Waals surface area contributed by atoms with Crippen LogP contribution in [0.25, 0.3) is 0 Å². The highest BCUT2D eigenvalue weighted by Crippen LogP contribution is 2.24. The molecule has 5 heteroatoms. The molecule has 27 heavy (non-hydrogen) atoms. The first-order valence-corrected chi connectivity index (χ1v) is 11.4. The summed E-state index contributed by atoms with van der Waals surface area (Å²) in [5.74, 6) is 0.565. The molecule has 0 radical (unpaired) electrons. The van der Waals surface area contributed by atoms with Crippen molar-refractivity contribution in [3.8, 4) is 0 Å². The predicted octanol–water partition coefficient (Wildman–Crippen LogP) is 3.88. The Labute approximate surface area is 162 Å². The quantitative estimate of drug-likeness (QED) is 0.785. The van der Waals surface area contributed by atoms with Crippen LogP contribution in [0.4, 0.5) is 0 Å². The topological polar surface area (TPSA) is 54.5 Å². The summed E-state index contributed by atoms with van der Waals surface area (Å²) in [7, 11) is -3.31. The lowest BCUT2D eigenvalue weighted by molar-refractivity contribution is 0.0686. The fraction of sp³-hybridized carbons (Fsp3) is 0.409. The van der Waals surface area contributed by atoms with Gasteiger partial charge in [-0.05, 0) is 62.3 Å². The smallest absolute Gasteiger partial charge is 0.253 e. The van der Waals surface area contributed by atoms with Crippen molar-refractivity contribution in [3.63, 3.8) is 0 Å². The summed E-state index contributed by atoms with van der Waals surface area (Å²) in [6, 6.07) is 15.1. The van der Waals surface area contributed by atoms with Crippen molar-refractivity contribution in [3.05, 3.63) is 65.2 Å². The Hall–Kier alpha value is -2.14. The number of nitrogens with zero attached hydrogens (tertiary/aromatic N) is 1. The summed E-state index contributed by atoms with van der Waals surface area (Å²) in [4.78, 5) is 14.8. The van der Waals surface area contributed by atoms with Gasteiger partial charge in [-0.1, -0.05) is 35.9 Å². The Morgan fingerprint density at radius 2 is 1.74 bits per heavy atom. The van der Waals surface area contributed by atoms with Crippen molar-refractivity contribution in [1.29, 1.82) is 0 Å². The molecule has 1 amide bonds. The number of sulfone groups is 1. The molecule has 1 aliphatic rings. The molecule has 1 saturated heterocycles. The number of carbonyl (C=O) groups excluding carboxylic acids is 1. The SMILES string of the molecule is Cc1ccc(CCC2CCN(C(=O)c3cccc(S(C)(=O)=O)c3)CC2)cc1. The van der Waals surface area contributed by atoms with Crippen LogP contribution in [0.15, 0.2) is 53.4 Å². The molecule has 3 rings (SSSR count). The van der Waals surface area contributed by atoms with Crippen molar-refractivity contribution in [1.82, 2.24) is 4.90 Å². The number of hydrogen-bond donors (Lipinski definition) is 0. The van der Waals surface area contributed by atoms with Crippen LogP contribution in [-0.4, -0.2) is 38.6 Å². The van der Waals surface area contributed by atoms with E-state index < -0.39 is 9.84 Å². The number of hydrogen-bond acceptors (Lipinski definition) is 3. The molecule has 2 aromatic carbocycles. The average Bonchev–Trinajstić information content (AvgIpc) is 2.67. The number of carbonyl (C=O) groups is 1. The zero-order valence-electron chi connectivity index (χ0n) is 16.0. The Balaban J connectivity index is 1.54. The maximum atomic E-state index is 12.7. The van der Waals surface area contributed by atoms with E-state index in [-0.39, 0.29) is 10.8 Å². The van der Waals surface area contributed by atoms with Gasteiger partial charge in [-0.15, -0.1) is 0 Å². The summed E-state index contributed by atoms with van der Waals surface area (Å²) in [6.07, 6.45) is 5.40. The summed E-state index contributed by atoms with van der Waals surface area (Å²) in [5, 5.41) is 0. The first kappa shape index (κ1) is 19.6. The van der Waals surface area contributed by atoms with E-state index in [0.717, 1.165) is 45.0 Å². The Morgan fingerprint density at radius 3 is 2.37 bits per heavy atom. The van der Waals surface area contributed by atoms with Gasteiger partial charge in [-0.25, -0.2) is 8.42 Å². The van der Waals surface area contributed by atoms with E-state index in [1.165, 1.54) is 23.3 Å². The van der Waals surface area contributed by atoms with Crippen LogP contribution in [0.3, 0.4) is 0 Å². The van der Waals surface area contributed by atoms with Gasteiger partial charge in [0.2, 0.25) is 0 Å². The van der Waals surface area contributed by atoms with Crippen LogP contribution in [0.2, 0.25) is 0 Å². The van der Waals surface area contributed by atoms with Crippen molar-refractivity contribution in [2.24, 2.45) is 5.92 Å². The van der Waals surface area contributed by atoms with E-state index in [2.05, 4.69) is 31.2 Å². The fourth-order valence-corrected chi connectivity index (χ4v) is 4.26. The van der Waals surface area contributed by atoms with Gasteiger partial charge in [0.1, 0.15) is 0 Å². The molecule has 1 fully saturated rings. The minimum atomic E-state index is -3.31. The lowest BCUT2D eigenvalue weighted by atomic mass is 9.90. The maximum absolute atomic E-state index is 12.7. The van der Waals surface area contributed by atoms with E-state index in [9.17, 15) is 13.2 Å². The zero-order chi connectivity index (χ0) is 19.4. The molecule has 1 heterocycles. The number of likely N-dealkylation sites (tertiary alicyclic amines) is 1. The molecule has 0 atom stereocenters. The van der Waals surface area contributed by atoms with Crippen LogP contribution in [-0.2, 0) is 16.3 Å². The lowest BCUT2D eigenvalue weighted by Crippen LogP contribution is -2.38. The second-order valence-electron chi connectivity index (χ2n) is 7.56. The highest BCUT2D eigenvalue weighted by Gasteiger charge is 2.24. The van der Waals surface area contributed by atoms with Crippen molar-refractivity contribution in [2.45, 2.75) is 37.5 Å². The van der Waals surface area contributed by atoms with Gasteiger partial charge < -0.3 is 4.90 Å². The third-order valence-corrected chi connectivity index (χ3v) is 6.48. The molecule has 144 valence electrons. The zero-order valence-corrected chi connectivity index (χ0v) is 16.8. The molecule has 0 N–H and O–H groups in total. The van der Waals surface area contributed by atoms with Crippen molar-refractivity contribution in [2.75, 3.05) is 19.3 Å². The highest BCUT2D eigenvalue weighted by atomic mass is 32.2. The predicted molar refractivity (Wildman–Crippen MR) is 108 cm³/mol. The molecule has 0 aromatic heterocycles. The second kappa shape index (κ2) is 8.26. The van der Waals surface area contributed by atoms with Crippen molar-refractivity contribution < 1.29 is 13.2 Å². The van der Waals surface area contributed by atoms with Crippen LogP contribution in [0.1, 0.15) is 40.7 Å². The van der Waals surface area contributed by atoms with Gasteiger partial charge in [-0.2, -0.15) is 0 Å². The number of amides is 1. The third-order valence-electron chi connectivity index (χ3n) is 5.37. The number of benzene rings is 2. The summed E-state index contributed by atoms with van der Waals surface area (Å²) in [5.41, 5.74) is 3.11. The van der Waals surface area contributed by atoms with Gasteiger partial charge in [0.25, 0.3) is 5.91 Å². The van der Waals surface area contributed by atoms with E-state index >= 15 is 0 Å². The molecular weight excluding hydrogens is 358 g/mol. The Kier molecular flexibility index (Phi) is 6.00. The van der Waals surface area contributed by atoms with Gasteiger partial charge in [-0.3, -0.25) is 4.79 Å². The first-order chi connectivity index (χ1) is 12.8. The minimum absolute atomic E-state index is 0.0718. The monoisotopic (exact) mass is 385 g/mol. The molecule has 0 unspecified atom stereocenters. The second-order valence-corrected chi connectivity index (χ2v) is 9.58. The normalized spacial score (nSPS) is 15.7. The maximum Gasteiger partial charge on any atom is 0.253 e. The highest BCUT2D eigenvalue weighted by molar-refractivity contribution is 7.90. The summed E-state index contributed by atoms with van der Waals surface area (Å²) < 4.78 is 23.4. The van der Waals surface area contributed by atoms with Gasteiger partial charge in [0.05, 0.1) is 4.90 Å². The van der Waals surface area contributed by atoms with Gasteiger partial charge >= 0.3 is 0 Å². The Bertz CT molecular complexity index is 895. The molecule has 2 aromatic rings. The van der Waals surface area contributed by atoms with Crippen LogP contribution >= 0.6 is 0 Å². The lowest BCUT2D eigenvalue weighted by Gasteiger charge is -2.32. The number of piperidine rings is 1. The summed E-state index contributed by atoms with van der Waals surface area (Å²) in [6.45, 7) is 3.57. The van der Waals surface area contributed by atoms with Crippen LogP contribution < -0.4 is 0 Å². The largest absolute Gasteiger partial charge is 0.339 e. The van der Waals surface area contributed by atoms with E-state index in [1.807, 2.05) is 4.90 Å². The standard InChI is InChI=1S/C22H27NO3S/c1-17-6-8-18(9-7-17)10-11-19-12-14-23(15-13-19)22(24)20-4-3-5-21(16-20)27(2,25)26/h3-9,16,19H,10-15H2,1-2H3. The molecular formula is C22H27NO3S. The number of rotatable bonds is 5. The molecule has 0 spiro atoms. The van der Waals surface area contributed by atoms with Crippen LogP contribution in [0.5, 0.6) is 0 Å². The Morgan fingerprint density at radius 1 is 1.07 bits per heavy atom. The van der Waals surface area contributed by atoms with E-state index in [1.54, 1.807) is 12.1 Å². The molecule has 0 bridgehead atoms. The minimum Gasteiger partial charge on any atom is -0.339 e. The van der Waals surface area contributed by atoms with Gasteiger partial charge in [0, 0.05) is 24.9 Å². The third kappa shape index (κ3) is 5.19. The van der Waals surface area contributed by atoms with E-state index in [0.29, 0.717) is 11.5 Å². The van der Waals surface area contributed by atoms with Gasteiger partial charge in [0.15, 0.2) is 9.84 Å². The van der Waals surface area contributed by atoms with E-state index in [4.69, 9.17) is 0 Å².